The van der Waals surface area contributed by atoms with Crippen LogP contribution in [0.5, 0.6) is 0 Å². The Morgan fingerprint density at radius 2 is 1.65 bits per heavy atom. The van der Waals surface area contributed by atoms with Gasteiger partial charge in [-0.2, -0.15) is 5.26 Å². The summed E-state index contributed by atoms with van der Waals surface area (Å²) in [6.07, 6.45) is 0. The van der Waals surface area contributed by atoms with Crippen molar-refractivity contribution in [1.29, 1.82) is 5.26 Å². The molecule has 0 radical (unpaired) electrons. The topological polar surface area (TPSA) is 83.9 Å². The summed E-state index contributed by atoms with van der Waals surface area (Å²) in [7, 11) is -4.20. The van der Waals surface area contributed by atoms with E-state index in [1.54, 1.807) is 6.07 Å². The fourth-order valence-electron chi connectivity index (χ4n) is 1.68. The Bertz CT molecular complexity index is 807. The minimum Gasteiger partial charge on any atom is -0.399 e. The monoisotopic (exact) mass is 294 g/mol. The van der Waals surface area contributed by atoms with E-state index in [4.69, 9.17) is 11.0 Å². The summed E-state index contributed by atoms with van der Waals surface area (Å²) in [5.41, 5.74) is 5.50. The standard InChI is InChI=1S/C13H8F2N2O2S/c14-9-4-10(15)6-12(5-9)20(18,19)13-2-1-11(17)3-8(13)7-16/h1-6H,17H2. The number of halogens is 2. The molecule has 0 amide bonds. The first-order chi connectivity index (χ1) is 9.34. The lowest BCUT2D eigenvalue weighted by molar-refractivity contribution is 0.567. The van der Waals surface area contributed by atoms with Crippen molar-refractivity contribution < 1.29 is 17.2 Å². The molecule has 0 atom stereocenters. The van der Waals surface area contributed by atoms with Gasteiger partial charge in [0, 0.05) is 11.8 Å². The van der Waals surface area contributed by atoms with Gasteiger partial charge in [-0.1, -0.05) is 0 Å². The maximum Gasteiger partial charge on any atom is 0.208 e. The highest BCUT2D eigenvalue weighted by Gasteiger charge is 2.23. The van der Waals surface area contributed by atoms with Gasteiger partial charge in [-0.3, -0.25) is 0 Å². The van der Waals surface area contributed by atoms with Crippen LogP contribution in [0.3, 0.4) is 0 Å². The van der Waals surface area contributed by atoms with Crippen molar-refractivity contribution in [2.24, 2.45) is 0 Å². The third-order valence-corrected chi connectivity index (χ3v) is 4.35. The maximum absolute atomic E-state index is 13.1. The van der Waals surface area contributed by atoms with E-state index in [9.17, 15) is 17.2 Å². The molecule has 2 aromatic carbocycles. The van der Waals surface area contributed by atoms with E-state index in [2.05, 4.69) is 0 Å². The number of hydrogen-bond donors (Lipinski definition) is 1. The number of nitrogens with zero attached hydrogens (tertiary/aromatic N) is 1. The SMILES string of the molecule is N#Cc1cc(N)ccc1S(=O)(=O)c1cc(F)cc(F)c1. The minimum absolute atomic E-state index is 0.185. The number of nitriles is 1. The van der Waals surface area contributed by atoms with Gasteiger partial charge in [0.25, 0.3) is 0 Å². The van der Waals surface area contributed by atoms with E-state index in [1.165, 1.54) is 12.1 Å². The summed E-state index contributed by atoms with van der Waals surface area (Å²) >= 11 is 0. The van der Waals surface area contributed by atoms with Gasteiger partial charge >= 0.3 is 0 Å². The zero-order valence-corrected chi connectivity index (χ0v) is 10.8. The lowest BCUT2D eigenvalue weighted by Crippen LogP contribution is -2.06. The minimum atomic E-state index is -4.20. The van der Waals surface area contributed by atoms with Gasteiger partial charge in [-0.05, 0) is 30.3 Å². The van der Waals surface area contributed by atoms with Gasteiger partial charge in [0.05, 0.1) is 15.4 Å². The third kappa shape index (κ3) is 2.46. The number of nitrogen functional groups attached to an aromatic ring is 1. The van der Waals surface area contributed by atoms with Crippen molar-refractivity contribution in [3.63, 3.8) is 0 Å². The van der Waals surface area contributed by atoms with Gasteiger partial charge in [0.2, 0.25) is 9.84 Å². The summed E-state index contributed by atoms with van der Waals surface area (Å²) < 4.78 is 50.9. The molecule has 0 unspecified atom stereocenters. The molecule has 20 heavy (non-hydrogen) atoms. The van der Waals surface area contributed by atoms with E-state index in [0.29, 0.717) is 18.2 Å². The number of anilines is 1. The van der Waals surface area contributed by atoms with Crippen LogP contribution in [0.4, 0.5) is 14.5 Å². The predicted molar refractivity (Wildman–Crippen MR) is 67.4 cm³/mol. The van der Waals surface area contributed by atoms with E-state index < -0.39 is 26.4 Å². The Hall–Kier alpha value is -2.46. The average molecular weight is 294 g/mol. The van der Waals surface area contributed by atoms with Gasteiger partial charge < -0.3 is 5.73 Å². The fourth-order valence-corrected chi connectivity index (χ4v) is 3.11. The maximum atomic E-state index is 13.1. The van der Waals surface area contributed by atoms with Crippen LogP contribution in [-0.4, -0.2) is 8.42 Å². The molecule has 2 rings (SSSR count). The molecular formula is C13H8F2N2O2S. The Kier molecular flexibility index (Phi) is 3.42. The van der Waals surface area contributed by atoms with Crippen molar-refractivity contribution in [3.05, 3.63) is 53.6 Å². The Morgan fingerprint density at radius 1 is 1.05 bits per heavy atom. The van der Waals surface area contributed by atoms with E-state index in [1.807, 2.05) is 0 Å². The van der Waals surface area contributed by atoms with Crippen molar-refractivity contribution in [2.45, 2.75) is 9.79 Å². The van der Waals surface area contributed by atoms with Crippen molar-refractivity contribution in [2.75, 3.05) is 5.73 Å². The number of benzene rings is 2. The quantitative estimate of drug-likeness (QED) is 0.861. The van der Waals surface area contributed by atoms with Crippen molar-refractivity contribution >= 4 is 15.5 Å². The molecule has 0 saturated carbocycles. The smallest absolute Gasteiger partial charge is 0.208 e. The third-order valence-electron chi connectivity index (χ3n) is 2.56. The second-order valence-corrected chi connectivity index (χ2v) is 5.89. The van der Waals surface area contributed by atoms with Crippen LogP contribution >= 0.6 is 0 Å². The highest BCUT2D eigenvalue weighted by molar-refractivity contribution is 7.91. The van der Waals surface area contributed by atoms with Crippen LogP contribution in [0.15, 0.2) is 46.2 Å². The Morgan fingerprint density at radius 3 is 2.20 bits per heavy atom. The van der Waals surface area contributed by atoms with E-state index >= 15 is 0 Å². The molecule has 0 aliphatic carbocycles. The molecule has 2 N–H and O–H groups in total. The summed E-state index contributed by atoms with van der Waals surface area (Å²) in [5, 5.41) is 8.94. The summed E-state index contributed by atoms with van der Waals surface area (Å²) in [4.78, 5) is -0.907. The van der Waals surface area contributed by atoms with Crippen molar-refractivity contribution in [1.82, 2.24) is 0 Å². The number of hydrogen-bond acceptors (Lipinski definition) is 4. The molecule has 0 saturated heterocycles. The van der Waals surface area contributed by atoms with Gasteiger partial charge in [0.15, 0.2) is 0 Å². The van der Waals surface area contributed by atoms with Crippen LogP contribution in [0.2, 0.25) is 0 Å². The average Bonchev–Trinajstić information content (AvgIpc) is 2.37. The van der Waals surface area contributed by atoms with Crippen LogP contribution in [0.25, 0.3) is 0 Å². The van der Waals surface area contributed by atoms with Crippen LogP contribution < -0.4 is 5.73 Å². The summed E-state index contributed by atoms with van der Waals surface area (Å²) in [6, 6.07) is 7.25. The lowest BCUT2D eigenvalue weighted by atomic mass is 10.2. The molecule has 0 aliphatic rings. The molecule has 0 spiro atoms. The highest BCUT2D eigenvalue weighted by Crippen LogP contribution is 2.26. The first kappa shape index (κ1) is 14.0. The molecule has 0 aliphatic heterocycles. The zero-order valence-electron chi connectivity index (χ0n) is 9.97. The lowest BCUT2D eigenvalue weighted by Gasteiger charge is -2.07. The zero-order chi connectivity index (χ0) is 14.9. The van der Waals surface area contributed by atoms with Gasteiger partial charge in [-0.15, -0.1) is 0 Å². The normalized spacial score (nSPS) is 11.1. The molecule has 102 valence electrons. The largest absolute Gasteiger partial charge is 0.399 e. The summed E-state index contributed by atoms with van der Waals surface area (Å²) in [5.74, 6) is -2.03. The van der Waals surface area contributed by atoms with E-state index in [-0.39, 0.29) is 16.1 Å². The van der Waals surface area contributed by atoms with E-state index in [0.717, 1.165) is 6.07 Å². The molecular weight excluding hydrogens is 286 g/mol. The molecule has 0 heterocycles. The molecule has 0 bridgehead atoms. The van der Waals surface area contributed by atoms with Gasteiger partial charge in [0.1, 0.15) is 17.7 Å². The van der Waals surface area contributed by atoms with Gasteiger partial charge in [-0.25, -0.2) is 17.2 Å². The van der Waals surface area contributed by atoms with Crippen LogP contribution in [0.1, 0.15) is 5.56 Å². The molecule has 4 nitrogen and oxygen atoms in total. The Labute approximate surface area is 114 Å². The summed E-state index contributed by atoms with van der Waals surface area (Å²) in [6.45, 7) is 0. The molecule has 0 fully saturated rings. The fraction of sp³-hybridized carbons (Fsp3) is 0. The number of nitrogens with two attached hydrogens (primary N) is 1. The van der Waals surface area contributed by atoms with Crippen LogP contribution in [0, 0.1) is 23.0 Å². The molecule has 0 aromatic heterocycles. The second-order valence-electron chi connectivity index (χ2n) is 3.98. The van der Waals surface area contributed by atoms with Crippen molar-refractivity contribution in [3.8, 4) is 6.07 Å². The number of rotatable bonds is 2. The predicted octanol–water partition coefficient (Wildman–Crippen LogP) is 2.25. The number of sulfone groups is 1. The van der Waals surface area contributed by atoms with Crippen LogP contribution in [-0.2, 0) is 9.84 Å². The first-order valence-electron chi connectivity index (χ1n) is 5.35. The molecule has 2 aromatic rings. The molecule has 7 heteroatoms. The Balaban J connectivity index is 2.70. The highest BCUT2D eigenvalue weighted by atomic mass is 32.2. The first-order valence-corrected chi connectivity index (χ1v) is 6.84. The second kappa shape index (κ2) is 4.90.